The van der Waals surface area contributed by atoms with Crippen molar-refractivity contribution < 1.29 is 68.5 Å². The third-order valence-electron chi connectivity index (χ3n) is 5.50. The van der Waals surface area contributed by atoms with Crippen molar-refractivity contribution in [2.24, 2.45) is 0 Å². The first-order chi connectivity index (χ1) is 17.1. The summed E-state index contributed by atoms with van der Waals surface area (Å²) in [4.78, 5) is 12.2. The van der Waals surface area contributed by atoms with Gasteiger partial charge < -0.3 is 14.5 Å². The summed E-state index contributed by atoms with van der Waals surface area (Å²) < 4.78 is 101. The first-order valence-corrected chi connectivity index (χ1v) is 14.5. The van der Waals surface area contributed by atoms with Gasteiger partial charge in [-0.15, -0.1) is 0 Å². The van der Waals surface area contributed by atoms with Crippen LogP contribution in [0.5, 0.6) is 0 Å². The maximum absolute atomic E-state index is 11.8. The van der Waals surface area contributed by atoms with Crippen molar-refractivity contribution in [3.63, 3.8) is 0 Å². The molecule has 0 saturated heterocycles. The van der Waals surface area contributed by atoms with E-state index in [4.69, 9.17) is 0 Å². The molecule has 2 aromatic heterocycles. The number of H-pyrrole nitrogens is 2. The molecule has 0 aliphatic rings. The fourth-order valence-corrected chi connectivity index (χ4v) is 5.89. The first kappa shape index (κ1) is 28.3. The molecule has 0 fully saturated rings. The van der Waals surface area contributed by atoms with Gasteiger partial charge in [-0.05, 0) is 36.8 Å². The normalized spacial score (nSPS) is 12.6. The van der Waals surface area contributed by atoms with E-state index in [1.165, 1.54) is 6.07 Å². The monoisotopic (exact) mass is 586 g/mol. The van der Waals surface area contributed by atoms with E-state index < -0.39 is 40.1 Å². The maximum Gasteiger partial charge on any atom is 1.00 e. The third-order valence-corrected chi connectivity index (χ3v) is 8.04. The van der Waals surface area contributed by atoms with Crippen molar-refractivity contribution >= 4 is 52.4 Å². The van der Waals surface area contributed by atoms with Crippen molar-refractivity contribution in [2.45, 2.75) is 21.6 Å². The van der Waals surface area contributed by atoms with Gasteiger partial charge in [0.1, 0.15) is 42.6 Å². The summed E-state index contributed by atoms with van der Waals surface area (Å²) >= 11 is 0. The fraction of sp³-hybridized carbons (Fsp3) is 0.0476. The third kappa shape index (κ3) is 5.27. The second kappa shape index (κ2) is 9.51. The molecule has 5 rings (SSSR count). The molecule has 0 unspecified atom stereocenters. The maximum atomic E-state index is 11.8. The summed E-state index contributed by atoms with van der Waals surface area (Å²) in [5.41, 5.74) is 1.64. The molecule has 4 N–H and O–H groups in total. The molecule has 2 heterocycles. The van der Waals surface area contributed by atoms with Crippen LogP contribution in [0.15, 0.2) is 63.2 Å². The molecule has 17 heteroatoms. The summed E-state index contributed by atoms with van der Waals surface area (Å²) in [6.07, 6.45) is 0. The molecule has 0 atom stereocenters. The van der Waals surface area contributed by atoms with Crippen molar-refractivity contribution in [3.8, 4) is 22.8 Å². The van der Waals surface area contributed by atoms with Crippen LogP contribution in [0.4, 0.5) is 0 Å². The number of imidazole rings is 2. The standard InChI is InChI=1S/C21H16N4O9S3.Na/c1-10-6-14-18(16(7-10)36(29,30)31)24-20(22-14)11-2-4-12(5-3-11)21-23-15-8-13(35(26,27)28)9-17(19(15)25-21)37(32,33)34;/h2-9H,1H3,(H,22,24)(H,23,25)(H,26,27,28)(H,29,30,31)(H,32,33,34);/q;+1/p-1. The van der Waals surface area contributed by atoms with Gasteiger partial charge in [-0.3, -0.25) is 9.11 Å². The number of aromatic amines is 2. The van der Waals surface area contributed by atoms with E-state index in [0.29, 0.717) is 34.1 Å². The van der Waals surface area contributed by atoms with Crippen molar-refractivity contribution in [2.75, 3.05) is 0 Å². The molecular weight excluding hydrogens is 571 g/mol. The summed E-state index contributed by atoms with van der Waals surface area (Å²) in [5, 5.41) is 0. The summed E-state index contributed by atoms with van der Waals surface area (Å²) in [5.74, 6) is 0.418. The minimum absolute atomic E-state index is 0. The molecule has 192 valence electrons. The smallest absolute Gasteiger partial charge is 0.744 e. The van der Waals surface area contributed by atoms with Crippen LogP contribution in [-0.2, 0) is 30.4 Å². The van der Waals surface area contributed by atoms with E-state index in [1.807, 2.05) is 0 Å². The second-order valence-electron chi connectivity index (χ2n) is 8.13. The van der Waals surface area contributed by atoms with Crippen LogP contribution in [0.3, 0.4) is 0 Å². The number of fused-ring (bicyclic) bond motifs is 2. The largest absolute Gasteiger partial charge is 1.00 e. The molecular formula is C21H15N4NaO9S3. The Morgan fingerprint density at radius 2 is 1.13 bits per heavy atom. The molecule has 5 aromatic rings. The van der Waals surface area contributed by atoms with Gasteiger partial charge in [-0.2, -0.15) is 16.8 Å². The van der Waals surface area contributed by atoms with Crippen LogP contribution in [0.25, 0.3) is 44.8 Å². The van der Waals surface area contributed by atoms with E-state index >= 15 is 0 Å². The Balaban J connectivity index is 0.00000336. The summed E-state index contributed by atoms with van der Waals surface area (Å²) in [6, 6.07) is 10.8. The molecule has 13 nitrogen and oxygen atoms in total. The van der Waals surface area contributed by atoms with E-state index in [2.05, 4.69) is 19.9 Å². The second-order valence-corrected chi connectivity index (χ2v) is 12.3. The summed E-state index contributed by atoms with van der Waals surface area (Å²) in [7, 11) is -14.5. The SMILES string of the molecule is Cc1cc(S(=O)(=O)O)c2nc(-c3ccc(-c4nc5c(S(=O)(=O)O)cc(S(=O)(=O)[O-])cc5[nH]4)cc3)[nH]c2c1.[Na+]. The molecule has 0 amide bonds. The van der Waals surface area contributed by atoms with Crippen molar-refractivity contribution in [1.29, 1.82) is 0 Å². The number of aromatic nitrogens is 4. The Kier molecular flexibility index (Phi) is 7.09. The number of nitrogens with zero attached hydrogens (tertiary/aromatic N) is 2. The molecule has 0 saturated carbocycles. The number of nitrogens with one attached hydrogen (secondary N) is 2. The summed E-state index contributed by atoms with van der Waals surface area (Å²) in [6.45, 7) is 1.67. The minimum atomic E-state index is -5.03. The predicted octanol–water partition coefficient (Wildman–Crippen LogP) is -0.517. The Hall–Kier alpha value is -2.67. The Morgan fingerprint density at radius 1 is 0.711 bits per heavy atom. The Morgan fingerprint density at radius 3 is 1.55 bits per heavy atom. The van der Waals surface area contributed by atoms with Gasteiger partial charge >= 0.3 is 29.6 Å². The first-order valence-electron chi connectivity index (χ1n) is 10.2. The van der Waals surface area contributed by atoms with Gasteiger partial charge in [0.2, 0.25) is 0 Å². The molecule has 38 heavy (non-hydrogen) atoms. The topological polar surface area (TPSA) is 223 Å². The average Bonchev–Trinajstić information content (AvgIpc) is 3.40. The predicted molar refractivity (Wildman–Crippen MR) is 129 cm³/mol. The van der Waals surface area contributed by atoms with Gasteiger partial charge in [0.25, 0.3) is 20.2 Å². The number of rotatable bonds is 5. The van der Waals surface area contributed by atoms with Gasteiger partial charge in [0.15, 0.2) is 0 Å². The number of benzene rings is 3. The number of aryl methyl sites for hydroxylation is 1. The van der Waals surface area contributed by atoms with Gasteiger partial charge in [0.05, 0.1) is 15.9 Å². The van der Waals surface area contributed by atoms with E-state index in [0.717, 1.165) is 6.07 Å². The molecule has 0 spiro atoms. The van der Waals surface area contributed by atoms with E-state index in [1.54, 1.807) is 37.3 Å². The van der Waals surface area contributed by atoms with Crippen LogP contribution in [0.2, 0.25) is 0 Å². The van der Waals surface area contributed by atoms with Crippen LogP contribution >= 0.6 is 0 Å². The molecule has 0 aliphatic carbocycles. The van der Waals surface area contributed by atoms with Gasteiger partial charge in [0, 0.05) is 11.1 Å². The molecule has 0 radical (unpaired) electrons. The van der Waals surface area contributed by atoms with Crippen LogP contribution in [-0.4, -0.2) is 58.8 Å². The average molecular weight is 587 g/mol. The van der Waals surface area contributed by atoms with Crippen LogP contribution in [0.1, 0.15) is 5.56 Å². The zero-order valence-corrected chi connectivity index (χ0v) is 23.9. The minimum Gasteiger partial charge on any atom is -0.744 e. The van der Waals surface area contributed by atoms with Crippen molar-refractivity contribution in [1.82, 2.24) is 19.9 Å². The van der Waals surface area contributed by atoms with Crippen LogP contribution in [0, 0.1) is 6.92 Å². The Bertz CT molecular complexity index is 2070. The Labute approximate surface area is 237 Å². The van der Waals surface area contributed by atoms with E-state index in [-0.39, 0.29) is 56.8 Å². The zero-order valence-electron chi connectivity index (χ0n) is 19.5. The van der Waals surface area contributed by atoms with Crippen LogP contribution < -0.4 is 29.6 Å². The van der Waals surface area contributed by atoms with E-state index in [9.17, 15) is 38.9 Å². The molecule has 3 aromatic carbocycles. The number of hydrogen-bond acceptors (Lipinski definition) is 9. The number of hydrogen-bond donors (Lipinski definition) is 4. The molecule has 0 bridgehead atoms. The van der Waals surface area contributed by atoms with Gasteiger partial charge in [-0.1, -0.05) is 24.3 Å². The fourth-order valence-electron chi connectivity index (χ4n) is 3.88. The van der Waals surface area contributed by atoms with Gasteiger partial charge in [-0.25, -0.2) is 18.4 Å². The zero-order chi connectivity index (χ0) is 26.9. The molecule has 0 aliphatic heterocycles. The van der Waals surface area contributed by atoms with Crippen molar-refractivity contribution in [3.05, 3.63) is 54.1 Å². The quantitative estimate of drug-likeness (QED) is 0.151.